The number of carbonyl (C=O) groups excluding carboxylic acids is 1. The van der Waals surface area contributed by atoms with Gasteiger partial charge in [-0.1, -0.05) is 0 Å². The van der Waals surface area contributed by atoms with Gasteiger partial charge in [0, 0.05) is 20.8 Å². The van der Waals surface area contributed by atoms with Gasteiger partial charge in [-0.25, -0.2) is 0 Å². The van der Waals surface area contributed by atoms with E-state index in [0.717, 1.165) is 0 Å². The Labute approximate surface area is 145 Å². The Hall–Kier alpha value is -1.12. The lowest BCUT2D eigenvalue weighted by atomic mass is 10.3. The predicted molar refractivity (Wildman–Crippen MR) is 93.3 cm³/mol. The molecule has 1 aromatic carbocycles. The second-order valence-electron chi connectivity index (χ2n) is 4.23. The highest BCUT2D eigenvalue weighted by Crippen LogP contribution is 2.24. The molecule has 0 atom stereocenters. The average molecular weight is 480 g/mol. The van der Waals surface area contributed by atoms with E-state index in [1.165, 1.54) is 4.57 Å². The smallest absolute Gasteiger partial charge is 0.265 e. The zero-order valence-electron chi connectivity index (χ0n) is 10.6. The first-order valence-electron chi connectivity index (χ1n) is 5.77. The van der Waals surface area contributed by atoms with Crippen molar-refractivity contribution >= 4 is 65.1 Å². The molecule has 0 aliphatic carbocycles. The van der Waals surface area contributed by atoms with Crippen molar-refractivity contribution < 1.29 is 4.79 Å². The van der Waals surface area contributed by atoms with E-state index in [1.807, 2.05) is 0 Å². The summed E-state index contributed by atoms with van der Waals surface area (Å²) < 4.78 is 3.08. The Morgan fingerprint density at radius 3 is 2.57 bits per heavy atom. The summed E-state index contributed by atoms with van der Waals surface area (Å²) in [5.41, 5.74) is 6.55. The first-order chi connectivity index (χ1) is 9.86. The number of carbonyl (C=O) groups is 1. The van der Waals surface area contributed by atoms with Gasteiger partial charge >= 0.3 is 0 Å². The molecule has 8 heteroatoms. The highest BCUT2D eigenvalue weighted by molar-refractivity contribution is 9.11. The summed E-state index contributed by atoms with van der Waals surface area (Å²) in [7, 11) is 0. The van der Waals surface area contributed by atoms with E-state index in [0.29, 0.717) is 24.8 Å². The molecule has 0 aliphatic rings. The largest absolute Gasteiger partial charge is 0.399 e. The Balaban J connectivity index is 2.17. The van der Waals surface area contributed by atoms with Crippen LogP contribution < -0.4 is 16.6 Å². The summed E-state index contributed by atoms with van der Waals surface area (Å²) in [6, 6.07) is 6.70. The molecule has 21 heavy (non-hydrogen) atoms. The fourth-order valence-corrected chi connectivity index (χ4v) is 3.41. The third-order valence-electron chi connectivity index (χ3n) is 2.59. The lowest BCUT2D eigenvalue weighted by Gasteiger charge is -2.10. The van der Waals surface area contributed by atoms with Crippen LogP contribution in [0.4, 0.5) is 11.4 Å². The molecule has 0 bridgehead atoms. The fourth-order valence-electron chi connectivity index (χ4n) is 1.66. The number of nitrogens with one attached hydrogen (secondary N) is 1. The lowest BCUT2D eigenvalue weighted by Crippen LogP contribution is -2.27. The van der Waals surface area contributed by atoms with Crippen molar-refractivity contribution in [1.29, 1.82) is 0 Å². The van der Waals surface area contributed by atoms with Crippen molar-refractivity contribution in [3.63, 3.8) is 0 Å². The van der Waals surface area contributed by atoms with Crippen LogP contribution >= 0.6 is 47.8 Å². The van der Waals surface area contributed by atoms with Gasteiger partial charge in [-0.3, -0.25) is 9.59 Å². The minimum atomic E-state index is -0.312. The molecule has 0 saturated carbocycles. The number of nitrogen functional groups attached to an aromatic ring is 1. The fraction of sp³-hybridized carbons (Fsp3) is 0.0769. The molecule has 3 N–H and O–H groups in total. The van der Waals surface area contributed by atoms with Gasteiger partial charge in [0.15, 0.2) is 0 Å². The molecule has 5 nitrogen and oxygen atoms in total. The van der Waals surface area contributed by atoms with E-state index in [2.05, 4.69) is 53.1 Å². The number of nitrogens with two attached hydrogens (primary N) is 1. The van der Waals surface area contributed by atoms with Gasteiger partial charge in [0.25, 0.3) is 5.56 Å². The molecule has 0 aliphatic heterocycles. The van der Waals surface area contributed by atoms with Crippen LogP contribution in [0.25, 0.3) is 0 Å². The molecule has 0 fully saturated rings. The normalized spacial score (nSPS) is 10.4. The van der Waals surface area contributed by atoms with Crippen LogP contribution in [0.5, 0.6) is 0 Å². The molecule has 0 spiro atoms. The van der Waals surface area contributed by atoms with Crippen molar-refractivity contribution in [1.82, 2.24) is 4.57 Å². The topological polar surface area (TPSA) is 77.1 Å². The number of benzene rings is 1. The van der Waals surface area contributed by atoms with Crippen molar-refractivity contribution in [3.8, 4) is 0 Å². The van der Waals surface area contributed by atoms with Gasteiger partial charge in [0.2, 0.25) is 5.91 Å². The van der Waals surface area contributed by atoms with E-state index >= 15 is 0 Å². The number of pyridine rings is 1. The third-order valence-corrected chi connectivity index (χ3v) is 4.25. The van der Waals surface area contributed by atoms with Gasteiger partial charge in [-0.05, 0) is 72.1 Å². The predicted octanol–water partition coefficient (Wildman–Crippen LogP) is 3.36. The quantitative estimate of drug-likeness (QED) is 0.663. The summed E-state index contributed by atoms with van der Waals surface area (Å²) in [5, 5.41) is 2.72. The number of amides is 1. The molecule has 0 saturated heterocycles. The van der Waals surface area contributed by atoms with Gasteiger partial charge < -0.3 is 15.6 Å². The van der Waals surface area contributed by atoms with Crippen LogP contribution in [0.3, 0.4) is 0 Å². The third kappa shape index (κ3) is 4.18. The van der Waals surface area contributed by atoms with Crippen LogP contribution in [0.15, 0.2) is 48.7 Å². The summed E-state index contributed by atoms with van der Waals surface area (Å²) in [4.78, 5) is 24.0. The highest BCUT2D eigenvalue weighted by Gasteiger charge is 2.10. The van der Waals surface area contributed by atoms with Crippen LogP contribution in [0.1, 0.15) is 0 Å². The van der Waals surface area contributed by atoms with Crippen LogP contribution in [0, 0.1) is 0 Å². The van der Waals surface area contributed by atoms with E-state index < -0.39 is 0 Å². The van der Waals surface area contributed by atoms with E-state index in [9.17, 15) is 9.59 Å². The van der Waals surface area contributed by atoms with E-state index in [4.69, 9.17) is 5.73 Å². The summed E-state index contributed by atoms with van der Waals surface area (Å²) in [6.07, 6.45) is 1.56. The van der Waals surface area contributed by atoms with Crippen molar-refractivity contribution in [2.45, 2.75) is 6.54 Å². The van der Waals surface area contributed by atoms with Crippen molar-refractivity contribution in [2.24, 2.45) is 0 Å². The maximum absolute atomic E-state index is 12.0. The van der Waals surface area contributed by atoms with Crippen LogP contribution in [0.2, 0.25) is 0 Å². The second-order valence-corrected chi connectivity index (χ2v) is 6.85. The number of nitrogens with zero attached hydrogens (tertiary/aromatic N) is 1. The van der Waals surface area contributed by atoms with Gasteiger partial charge in [-0.15, -0.1) is 0 Å². The molecule has 0 unspecified atom stereocenters. The number of anilines is 2. The summed E-state index contributed by atoms with van der Waals surface area (Å²) in [6.45, 7) is -0.0896. The number of halogens is 3. The molecule has 0 radical (unpaired) electrons. The maximum atomic E-state index is 12.0. The molecular weight excluding hydrogens is 470 g/mol. The Morgan fingerprint density at radius 1 is 1.19 bits per heavy atom. The molecule has 1 amide bonds. The summed E-state index contributed by atoms with van der Waals surface area (Å²) in [5.74, 6) is -0.312. The minimum Gasteiger partial charge on any atom is -0.399 e. The van der Waals surface area contributed by atoms with E-state index in [-0.39, 0.29) is 18.0 Å². The zero-order valence-corrected chi connectivity index (χ0v) is 15.3. The molecule has 1 aromatic heterocycles. The van der Waals surface area contributed by atoms with Crippen molar-refractivity contribution in [2.75, 3.05) is 11.1 Å². The lowest BCUT2D eigenvalue weighted by molar-refractivity contribution is -0.116. The first-order valence-corrected chi connectivity index (χ1v) is 8.15. The van der Waals surface area contributed by atoms with E-state index in [1.54, 1.807) is 30.5 Å². The molecule has 110 valence electrons. The zero-order chi connectivity index (χ0) is 15.6. The monoisotopic (exact) mass is 477 g/mol. The van der Waals surface area contributed by atoms with Gasteiger partial charge in [0.05, 0.1) is 10.2 Å². The number of hydrogen-bond donors (Lipinski definition) is 2. The molecule has 2 aromatic rings. The second kappa shape index (κ2) is 6.76. The highest BCUT2D eigenvalue weighted by atomic mass is 79.9. The Kier molecular flexibility index (Phi) is 5.23. The maximum Gasteiger partial charge on any atom is 0.265 e. The average Bonchev–Trinajstić information content (AvgIpc) is 2.38. The number of hydrogen-bond acceptors (Lipinski definition) is 3. The number of aromatic nitrogens is 1. The molecule has 2 rings (SSSR count). The van der Waals surface area contributed by atoms with Gasteiger partial charge in [-0.2, -0.15) is 0 Å². The summed E-state index contributed by atoms with van der Waals surface area (Å²) >= 11 is 9.76. The minimum absolute atomic E-state index is 0.0896. The first kappa shape index (κ1) is 16.3. The Bertz CT molecular complexity index is 759. The van der Waals surface area contributed by atoms with Crippen LogP contribution in [-0.2, 0) is 11.3 Å². The van der Waals surface area contributed by atoms with Crippen LogP contribution in [-0.4, -0.2) is 10.5 Å². The van der Waals surface area contributed by atoms with Gasteiger partial charge in [0.1, 0.15) is 6.54 Å². The van der Waals surface area contributed by atoms with Crippen molar-refractivity contribution in [3.05, 3.63) is 54.2 Å². The SMILES string of the molecule is Nc1ccc(NC(=O)Cn2cc(Br)cc(Br)c2=O)c(Br)c1. The number of rotatable bonds is 3. The standard InChI is InChI=1S/C13H10Br3N3O2/c14-7-3-10(16)13(21)19(5-7)6-12(20)18-11-2-1-8(17)4-9(11)15/h1-5H,6,17H2,(H,18,20). The Morgan fingerprint density at radius 2 is 1.90 bits per heavy atom. The molecule has 1 heterocycles. The molecular formula is C13H10Br3N3O2.